The molecule has 0 heterocycles. The average Bonchev–Trinajstić information content (AvgIpc) is 2.35. The third-order valence-corrected chi connectivity index (χ3v) is 2.72. The summed E-state index contributed by atoms with van der Waals surface area (Å²) < 4.78 is 17.2. The largest absolute Gasteiger partial charge is 0.467 e. The molecular weight excluding hydrogens is 223 g/mol. The zero-order valence-corrected chi connectivity index (χ0v) is 10.8. The molecule has 4 heteroatoms. The van der Waals surface area contributed by atoms with Gasteiger partial charge in [-0.2, -0.15) is 0 Å². The summed E-state index contributed by atoms with van der Waals surface area (Å²) in [5.74, 6) is -1.75. The summed E-state index contributed by atoms with van der Waals surface area (Å²) >= 11 is 0. The highest BCUT2D eigenvalue weighted by atomic mass is 19.1. The van der Waals surface area contributed by atoms with Crippen molar-refractivity contribution in [1.29, 1.82) is 0 Å². The Bertz CT molecular complexity index is 229. The quantitative estimate of drug-likeness (QED) is 0.338. The van der Waals surface area contributed by atoms with E-state index in [4.69, 9.17) is 0 Å². The summed E-state index contributed by atoms with van der Waals surface area (Å²) in [6, 6.07) is 0. The number of methoxy groups -OCH3 is 1. The highest BCUT2D eigenvalue weighted by molar-refractivity contribution is 6.01. The van der Waals surface area contributed by atoms with Crippen LogP contribution in [-0.4, -0.2) is 25.0 Å². The van der Waals surface area contributed by atoms with E-state index in [-0.39, 0.29) is 6.42 Å². The molecule has 0 aromatic carbocycles. The Morgan fingerprint density at radius 2 is 1.59 bits per heavy atom. The van der Waals surface area contributed by atoms with Crippen molar-refractivity contribution in [2.24, 2.45) is 0 Å². The summed E-state index contributed by atoms with van der Waals surface area (Å²) in [7, 11) is 1.08. The van der Waals surface area contributed by atoms with Crippen molar-refractivity contribution in [3.8, 4) is 0 Å². The van der Waals surface area contributed by atoms with Gasteiger partial charge in [-0.3, -0.25) is 4.79 Å². The third-order valence-electron chi connectivity index (χ3n) is 2.72. The first-order valence-electron chi connectivity index (χ1n) is 6.38. The summed E-state index contributed by atoms with van der Waals surface area (Å²) in [6.45, 7) is 2.16. The van der Waals surface area contributed by atoms with Crippen LogP contribution in [0.4, 0.5) is 4.39 Å². The van der Waals surface area contributed by atoms with Gasteiger partial charge in [-0.25, -0.2) is 9.18 Å². The first kappa shape index (κ1) is 16.1. The maximum Gasteiger partial charge on any atom is 0.348 e. The van der Waals surface area contributed by atoms with E-state index in [1.54, 1.807) is 0 Å². The maximum atomic E-state index is 13.0. The number of hydrogen-bond donors (Lipinski definition) is 0. The Morgan fingerprint density at radius 1 is 1.06 bits per heavy atom. The van der Waals surface area contributed by atoms with Crippen LogP contribution in [0.5, 0.6) is 0 Å². The molecule has 100 valence electrons. The standard InChI is InChI=1S/C13H23FO3/c1-3-4-5-6-7-8-9-10-11(15)12(14)13(16)17-2/h12H,3-10H2,1-2H3. The third kappa shape index (κ3) is 7.88. The minimum atomic E-state index is -2.10. The van der Waals surface area contributed by atoms with E-state index in [1.165, 1.54) is 19.3 Å². The number of unbranched alkanes of at least 4 members (excludes halogenated alkanes) is 6. The Labute approximate surface area is 103 Å². The number of Topliss-reactive ketones (excluding diaryl/α,β-unsaturated/α-hetero) is 1. The van der Waals surface area contributed by atoms with Crippen molar-refractivity contribution < 1.29 is 18.7 Å². The van der Waals surface area contributed by atoms with Crippen molar-refractivity contribution >= 4 is 11.8 Å². The van der Waals surface area contributed by atoms with Crippen molar-refractivity contribution in [2.75, 3.05) is 7.11 Å². The van der Waals surface area contributed by atoms with Gasteiger partial charge in [0.25, 0.3) is 6.17 Å². The number of rotatable bonds is 10. The highest BCUT2D eigenvalue weighted by Crippen LogP contribution is 2.10. The zero-order valence-electron chi connectivity index (χ0n) is 10.8. The van der Waals surface area contributed by atoms with Crippen LogP contribution in [0.1, 0.15) is 58.3 Å². The summed E-state index contributed by atoms with van der Waals surface area (Å²) in [5, 5.41) is 0. The van der Waals surface area contributed by atoms with E-state index < -0.39 is 17.9 Å². The molecule has 3 nitrogen and oxygen atoms in total. The van der Waals surface area contributed by atoms with Gasteiger partial charge in [-0.15, -0.1) is 0 Å². The van der Waals surface area contributed by atoms with Crippen LogP contribution < -0.4 is 0 Å². The van der Waals surface area contributed by atoms with Gasteiger partial charge in [0.15, 0.2) is 5.78 Å². The summed E-state index contributed by atoms with van der Waals surface area (Å²) in [5.41, 5.74) is 0. The normalized spacial score (nSPS) is 12.2. The van der Waals surface area contributed by atoms with Crippen LogP contribution in [0.15, 0.2) is 0 Å². The molecule has 0 radical (unpaired) electrons. The maximum absolute atomic E-state index is 13.0. The van der Waals surface area contributed by atoms with Crippen molar-refractivity contribution in [3.63, 3.8) is 0 Å². The molecule has 0 aliphatic carbocycles. The molecule has 0 aliphatic rings. The fourth-order valence-electron chi connectivity index (χ4n) is 1.62. The molecule has 0 aromatic heterocycles. The molecule has 17 heavy (non-hydrogen) atoms. The summed E-state index contributed by atoms with van der Waals surface area (Å²) in [6.07, 6.45) is 5.52. The van der Waals surface area contributed by atoms with Crippen molar-refractivity contribution in [3.05, 3.63) is 0 Å². The molecule has 0 amide bonds. The number of ketones is 1. The van der Waals surface area contributed by atoms with E-state index in [1.807, 2.05) is 0 Å². The van der Waals surface area contributed by atoms with Gasteiger partial charge in [0, 0.05) is 6.42 Å². The molecule has 1 unspecified atom stereocenters. The lowest BCUT2D eigenvalue weighted by Gasteiger charge is -2.05. The molecular formula is C13H23FO3. The topological polar surface area (TPSA) is 43.4 Å². The number of carbonyl (C=O) groups excluding carboxylic acids is 2. The number of halogens is 1. The van der Waals surface area contributed by atoms with Crippen LogP contribution in [0, 0.1) is 0 Å². The number of carbonyl (C=O) groups is 2. The first-order valence-corrected chi connectivity index (χ1v) is 6.38. The molecule has 0 rings (SSSR count). The van der Waals surface area contributed by atoms with Gasteiger partial charge in [0.2, 0.25) is 0 Å². The fraction of sp³-hybridized carbons (Fsp3) is 0.846. The van der Waals surface area contributed by atoms with Gasteiger partial charge >= 0.3 is 5.97 Å². The van der Waals surface area contributed by atoms with Crippen LogP contribution in [0.25, 0.3) is 0 Å². The predicted octanol–water partition coefficient (Wildman–Crippen LogP) is 3.21. The smallest absolute Gasteiger partial charge is 0.348 e. The Kier molecular flexibility index (Phi) is 9.68. The number of hydrogen-bond acceptors (Lipinski definition) is 3. The molecule has 0 saturated carbocycles. The van der Waals surface area contributed by atoms with Gasteiger partial charge in [-0.05, 0) is 6.42 Å². The van der Waals surface area contributed by atoms with Crippen LogP contribution >= 0.6 is 0 Å². The molecule has 1 atom stereocenters. The number of alkyl halides is 1. The molecule has 0 aromatic rings. The van der Waals surface area contributed by atoms with Gasteiger partial charge < -0.3 is 4.74 Å². The second-order valence-corrected chi connectivity index (χ2v) is 4.22. The summed E-state index contributed by atoms with van der Waals surface area (Å²) in [4.78, 5) is 21.9. The van der Waals surface area contributed by atoms with E-state index in [9.17, 15) is 14.0 Å². The molecule has 0 saturated heterocycles. The number of esters is 1. The number of ether oxygens (including phenoxy) is 1. The zero-order chi connectivity index (χ0) is 13.1. The molecule has 0 aliphatic heterocycles. The Hall–Kier alpha value is -0.930. The monoisotopic (exact) mass is 246 g/mol. The Morgan fingerprint density at radius 3 is 2.12 bits per heavy atom. The molecule has 0 spiro atoms. The molecule has 0 bridgehead atoms. The lowest BCUT2D eigenvalue weighted by Crippen LogP contribution is -2.26. The van der Waals surface area contributed by atoms with Crippen LogP contribution in [0.2, 0.25) is 0 Å². The average molecular weight is 246 g/mol. The van der Waals surface area contributed by atoms with Crippen LogP contribution in [0.3, 0.4) is 0 Å². The predicted molar refractivity (Wildman–Crippen MR) is 64.5 cm³/mol. The van der Waals surface area contributed by atoms with E-state index >= 15 is 0 Å². The van der Waals surface area contributed by atoms with E-state index in [0.717, 1.165) is 26.4 Å². The van der Waals surface area contributed by atoms with Crippen molar-refractivity contribution in [2.45, 2.75) is 64.5 Å². The fourth-order valence-corrected chi connectivity index (χ4v) is 1.62. The van der Waals surface area contributed by atoms with Crippen molar-refractivity contribution in [1.82, 2.24) is 0 Å². The lowest BCUT2D eigenvalue weighted by molar-refractivity contribution is -0.150. The minimum absolute atomic E-state index is 0.129. The molecule has 0 N–H and O–H groups in total. The van der Waals surface area contributed by atoms with Gasteiger partial charge in [0.1, 0.15) is 0 Å². The van der Waals surface area contributed by atoms with E-state index in [0.29, 0.717) is 6.42 Å². The lowest BCUT2D eigenvalue weighted by atomic mass is 10.1. The Balaban J connectivity index is 3.48. The second-order valence-electron chi connectivity index (χ2n) is 4.22. The first-order chi connectivity index (χ1) is 8.13. The van der Waals surface area contributed by atoms with Gasteiger partial charge in [-0.1, -0.05) is 45.4 Å². The van der Waals surface area contributed by atoms with Crippen LogP contribution in [-0.2, 0) is 14.3 Å². The van der Waals surface area contributed by atoms with Gasteiger partial charge in [0.05, 0.1) is 7.11 Å². The minimum Gasteiger partial charge on any atom is -0.467 e. The molecule has 0 fully saturated rings. The van der Waals surface area contributed by atoms with E-state index in [2.05, 4.69) is 11.7 Å². The SMILES string of the molecule is CCCCCCCCCC(=O)C(F)C(=O)OC. The second kappa shape index (κ2) is 10.2. The highest BCUT2D eigenvalue weighted by Gasteiger charge is 2.25.